The third-order valence-electron chi connectivity index (χ3n) is 4.94. The number of nitrogens with zero attached hydrogens (tertiary/aromatic N) is 3. The fourth-order valence-electron chi connectivity index (χ4n) is 3.31. The van der Waals surface area contributed by atoms with Gasteiger partial charge in [0.2, 0.25) is 0 Å². The van der Waals surface area contributed by atoms with Gasteiger partial charge in [-0.2, -0.15) is 0 Å². The first-order valence-electron chi connectivity index (χ1n) is 8.96. The molecule has 0 saturated carbocycles. The standard InChI is InChI=1S/C20H23FN4O/c1-24-8-10-25(11-9-24)17-5-2-15(3-6-17)13-22-14-19-18-7-4-16(21)12-20(18)26-23-19/h2-7,12,22H,8-11,13-14H2,1H3. The van der Waals surface area contributed by atoms with Crippen LogP contribution in [0.5, 0.6) is 0 Å². The molecule has 136 valence electrons. The second-order valence-corrected chi connectivity index (χ2v) is 6.83. The Bertz CT molecular complexity index is 869. The Kier molecular flexibility index (Phi) is 4.86. The molecule has 2 aromatic carbocycles. The van der Waals surface area contributed by atoms with Crippen molar-refractivity contribution in [1.29, 1.82) is 0 Å². The minimum Gasteiger partial charge on any atom is -0.369 e. The van der Waals surface area contributed by atoms with Crippen molar-refractivity contribution in [2.24, 2.45) is 0 Å². The molecule has 4 rings (SSSR count). The van der Waals surface area contributed by atoms with Crippen LogP contribution in [0, 0.1) is 5.82 Å². The molecule has 1 N–H and O–H groups in total. The van der Waals surface area contributed by atoms with Gasteiger partial charge in [-0.05, 0) is 36.9 Å². The monoisotopic (exact) mass is 354 g/mol. The predicted molar refractivity (Wildman–Crippen MR) is 101 cm³/mol. The Morgan fingerprint density at radius 3 is 2.58 bits per heavy atom. The highest BCUT2D eigenvalue weighted by molar-refractivity contribution is 5.79. The first-order valence-corrected chi connectivity index (χ1v) is 8.96. The number of nitrogens with one attached hydrogen (secondary N) is 1. The second-order valence-electron chi connectivity index (χ2n) is 6.83. The molecule has 1 saturated heterocycles. The van der Waals surface area contributed by atoms with E-state index in [2.05, 4.69) is 51.6 Å². The van der Waals surface area contributed by atoms with Crippen LogP contribution >= 0.6 is 0 Å². The van der Waals surface area contributed by atoms with Gasteiger partial charge < -0.3 is 19.6 Å². The molecule has 0 radical (unpaired) electrons. The van der Waals surface area contributed by atoms with E-state index in [4.69, 9.17) is 4.52 Å². The molecule has 1 aromatic heterocycles. The maximum Gasteiger partial charge on any atom is 0.170 e. The molecule has 0 aliphatic carbocycles. The number of anilines is 1. The van der Waals surface area contributed by atoms with Gasteiger partial charge in [0.25, 0.3) is 0 Å². The molecule has 0 bridgehead atoms. The van der Waals surface area contributed by atoms with E-state index in [-0.39, 0.29) is 5.82 Å². The normalized spacial score (nSPS) is 15.7. The molecule has 0 spiro atoms. The largest absolute Gasteiger partial charge is 0.369 e. The van der Waals surface area contributed by atoms with E-state index < -0.39 is 0 Å². The Balaban J connectivity index is 1.33. The highest BCUT2D eigenvalue weighted by atomic mass is 19.1. The van der Waals surface area contributed by atoms with E-state index in [1.54, 1.807) is 6.07 Å². The summed E-state index contributed by atoms with van der Waals surface area (Å²) in [5, 5.41) is 8.26. The topological polar surface area (TPSA) is 44.5 Å². The number of fused-ring (bicyclic) bond motifs is 1. The molecule has 3 aromatic rings. The predicted octanol–water partition coefficient (Wildman–Crippen LogP) is 3.01. The molecule has 6 heteroatoms. The van der Waals surface area contributed by atoms with E-state index in [9.17, 15) is 4.39 Å². The summed E-state index contributed by atoms with van der Waals surface area (Å²) in [7, 11) is 2.17. The first kappa shape index (κ1) is 17.0. The lowest BCUT2D eigenvalue weighted by Gasteiger charge is -2.34. The molecule has 2 heterocycles. The summed E-state index contributed by atoms with van der Waals surface area (Å²) in [4.78, 5) is 4.79. The molecule has 1 fully saturated rings. The van der Waals surface area contributed by atoms with Gasteiger partial charge in [0.05, 0.1) is 0 Å². The average Bonchev–Trinajstić information content (AvgIpc) is 3.05. The smallest absolute Gasteiger partial charge is 0.170 e. The van der Waals surface area contributed by atoms with E-state index in [1.165, 1.54) is 23.4 Å². The Labute approximate surface area is 152 Å². The highest BCUT2D eigenvalue weighted by Gasteiger charge is 2.14. The Morgan fingerprint density at radius 1 is 1.04 bits per heavy atom. The van der Waals surface area contributed by atoms with Gasteiger partial charge >= 0.3 is 0 Å². The van der Waals surface area contributed by atoms with Crippen molar-refractivity contribution in [3.05, 3.63) is 59.5 Å². The van der Waals surface area contributed by atoms with E-state index in [0.717, 1.165) is 43.8 Å². The van der Waals surface area contributed by atoms with Crippen molar-refractivity contribution in [3.8, 4) is 0 Å². The first-order chi connectivity index (χ1) is 12.7. The minimum absolute atomic E-state index is 0.311. The van der Waals surface area contributed by atoms with Crippen molar-refractivity contribution in [1.82, 2.24) is 15.4 Å². The fraction of sp³-hybridized carbons (Fsp3) is 0.350. The van der Waals surface area contributed by atoms with Gasteiger partial charge in [0.15, 0.2) is 5.58 Å². The van der Waals surface area contributed by atoms with Crippen LogP contribution in [0.1, 0.15) is 11.3 Å². The van der Waals surface area contributed by atoms with Crippen molar-refractivity contribution in [2.45, 2.75) is 13.1 Å². The summed E-state index contributed by atoms with van der Waals surface area (Å²) in [5.41, 5.74) is 3.79. The fourth-order valence-corrected chi connectivity index (χ4v) is 3.31. The van der Waals surface area contributed by atoms with Gasteiger partial charge in [-0.3, -0.25) is 0 Å². The lowest BCUT2D eigenvalue weighted by molar-refractivity contribution is 0.313. The summed E-state index contributed by atoms with van der Waals surface area (Å²) >= 11 is 0. The van der Waals surface area contributed by atoms with Crippen LogP contribution in [0.4, 0.5) is 10.1 Å². The zero-order valence-electron chi connectivity index (χ0n) is 14.9. The zero-order valence-corrected chi connectivity index (χ0v) is 14.9. The molecule has 1 aliphatic heterocycles. The van der Waals surface area contributed by atoms with Crippen LogP contribution in [0.15, 0.2) is 47.0 Å². The number of likely N-dealkylation sites (N-methyl/N-ethyl adjacent to an activating group) is 1. The number of halogens is 1. The quantitative estimate of drug-likeness (QED) is 0.763. The molecular formula is C20H23FN4O. The molecular weight excluding hydrogens is 331 g/mol. The molecule has 0 amide bonds. The van der Waals surface area contributed by atoms with Gasteiger partial charge in [0.1, 0.15) is 11.5 Å². The maximum atomic E-state index is 13.2. The summed E-state index contributed by atoms with van der Waals surface area (Å²) in [6.07, 6.45) is 0. The van der Waals surface area contributed by atoms with Gasteiger partial charge in [0, 0.05) is 56.4 Å². The van der Waals surface area contributed by atoms with Crippen LogP contribution in [-0.4, -0.2) is 43.3 Å². The number of hydrogen-bond donors (Lipinski definition) is 1. The Hall–Kier alpha value is -2.44. The molecule has 0 unspecified atom stereocenters. The zero-order chi connectivity index (χ0) is 17.9. The van der Waals surface area contributed by atoms with E-state index in [1.807, 2.05) is 0 Å². The number of rotatable bonds is 5. The van der Waals surface area contributed by atoms with Crippen molar-refractivity contribution >= 4 is 16.7 Å². The van der Waals surface area contributed by atoms with Crippen LogP contribution in [0.2, 0.25) is 0 Å². The SMILES string of the molecule is CN1CCN(c2ccc(CNCc3noc4cc(F)ccc34)cc2)CC1. The lowest BCUT2D eigenvalue weighted by atomic mass is 10.1. The minimum atomic E-state index is -0.311. The van der Waals surface area contributed by atoms with E-state index in [0.29, 0.717) is 12.1 Å². The summed E-state index contributed by atoms with van der Waals surface area (Å²) in [5.74, 6) is -0.311. The van der Waals surface area contributed by atoms with Crippen LogP contribution in [-0.2, 0) is 13.1 Å². The molecule has 5 nitrogen and oxygen atoms in total. The molecule has 26 heavy (non-hydrogen) atoms. The van der Waals surface area contributed by atoms with Crippen molar-refractivity contribution in [3.63, 3.8) is 0 Å². The van der Waals surface area contributed by atoms with Crippen molar-refractivity contribution in [2.75, 3.05) is 38.1 Å². The third-order valence-corrected chi connectivity index (χ3v) is 4.94. The van der Waals surface area contributed by atoms with Crippen LogP contribution in [0.3, 0.4) is 0 Å². The van der Waals surface area contributed by atoms with Crippen molar-refractivity contribution < 1.29 is 8.91 Å². The Morgan fingerprint density at radius 2 is 1.81 bits per heavy atom. The second kappa shape index (κ2) is 7.43. The van der Waals surface area contributed by atoms with Crippen LogP contribution in [0.25, 0.3) is 11.0 Å². The number of benzene rings is 2. The maximum absolute atomic E-state index is 13.2. The van der Waals surface area contributed by atoms with Gasteiger partial charge in [-0.15, -0.1) is 0 Å². The molecule has 0 atom stereocenters. The lowest BCUT2D eigenvalue weighted by Crippen LogP contribution is -2.44. The van der Waals surface area contributed by atoms with E-state index >= 15 is 0 Å². The average molecular weight is 354 g/mol. The summed E-state index contributed by atoms with van der Waals surface area (Å²) < 4.78 is 18.4. The van der Waals surface area contributed by atoms with Gasteiger partial charge in [-0.25, -0.2) is 4.39 Å². The number of hydrogen-bond acceptors (Lipinski definition) is 5. The highest BCUT2D eigenvalue weighted by Crippen LogP contribution is 2.20. The number of piperazine rings is 1. The van der Waals surface area contributed by atoms with Crippen LogP contribution < -0.4 is 10.2 Å². The third kappa shape index (κ3) is 3.71. The molecule has 1 aliphatic rings. The number of aromatic nitrogens is 1. The summed E-state index contributed by atoms with van der Waals surface area (Å²) in [6, 6.07) is 13.2. The van der Waals surface area contributed by atoms with Gasteiger partial charge in [-0.1, -0.05) is 17.3 Å². The summed E-state index contributed by atoms with van der Waals surface area (Å²) in [6.45, 7) is 5.71.